The van der Waals surface area contributed by atoms with Gasteiger partial charge in [-0.3, -0.25) is 0 Å². The van der Waals surface area contributed by atoms with Gasteiger partial charge in [-0.25, -0.2) is 9.18 Å². The van der Waals surface area contributed by atoms with E-state index in [2.05, 4.69) is 6.58 Å². The Morgan fingerprint density at radius 1 is 1.33 bits per heavy atom. The molecule has 0 bridgehead atoms. The molecule has 1 aromatic heterocycles. The molecule has 0 aliphatic heterocycles. The smallest absolute Gasteiger partial charge is 0.337 e. The summed E-state index contributed by atoms with van der Waals surface area (Å²) in [6.45, 7) is 4.14. The van der Waals surface area contributed by atoms with E-state index in [4.69, 9.17) is 5.11 Å². The second kappa shape index (κ2) is 4.87. The van der Waals surface area contributed by atoms with Gasteiger partial charge in [-0.15, -0.1) is 6.58 Å². The van der Waals surface area contributed by atoms with Crippen LogP contribution in [0.2, 0.25) is 0 Å². The zero-order chi connectivity index (χ0) is 13.1. The molecule has 0 amide bonds. The summed E-state index contributed by atoms with van der Waals surface area (Å²) in [7, 11) is 0. The van der Waals surface area contributed by atoms with Gasteiger partial charge in [-0.2, -0.15) is 0 Å². The molecular formula is C14H12FNO2. The van der Waals surface area contributed by atoms with Crippen molar-refractivity contribution in [1.29, 1.82) is 0 Å². The van der Waals surface area contributed by atoms with E-state index in [9.17, 15) is 9.18 Å². The maximum absolute atomic E-state index is 12.9. The summed E-state index contributed by atoms with van der Waals surface area (Å²) < 4.78 is 14.6. The Kier molecular flexibility index (Phi) is 3.28. The molecule has 0 saturated heterocycles. The third kappa shape index (κ3) is 2.32. The lowest BCUT2D eigenvalue weighted by molar-refractivity contribution is 0.0697. The molecule has 0 aliphatic rings. The standard InChI is InChI=1S/C14H12FNO2/c1-2-7-16-8-12(13(9-16)14(17)18)10-3-5-11(15)6-4-10/h2-6,8-9H,1,7H2,(H,17,18). The zero-order valence-electron chi connectivity index (χ0n) is 9.64. The van der Waals surface area contributed by atoms with E-state index < -0.39 is 5.97 Å². The van der Waals surface area contributed by atoms with Crippen LogP contribution in [0.4, 0.5) is 4.39 Å². The van der Waals surface area contributed by atoms with Crippen molar-refractivity contribution in [1.82, 2.24) is 4.57 Å². The number of carboxylic acid groups (broad SMARTS) is 1. The number of benzene rings is 1. The number of aromatic carboxylic acids is 1. The molecule has 0 fully saturated rings. The van der Waals surface area contributed by atoms with Crippen LogP contribution < -0.4 is 0 Å². The average Bonchev–Trinajstić information content (AvgIpc) is 2.75. The highest BCUT2D eigenvalue weighted by atomic mass is 19.1. The van der Waals surface area contributed by atoms with E-state index in [0.717, 1.165) is 0 Å². The largest absolute Gasteiger partial charge is 0.478 e. The summed E-state index contributed by atoms with van der Waals surface area (Å²) in [5.41, 5.74) is 1.45. The third-order valence-electron chi connectivity index (χ3n) is 2.61. The first-order valence-electron chi connectivity index (χ1n) is 5.41. The van der Waals surface area contributed by atoms with Crippen molar-refractivity contribution in [3.8, 4) is 11.1 Å². The van der Waals surface area contributed by atoms with Crippen LogP contribution in [0.25, 0.3) is 11.1 Å². The number of aromatic nitrogens is 1. The fraction of sp³-hybridized carbons (Fsp3) is 0.0714. The maximum Gasteiger partial charge on any atom is 0.337 e. The molecule has 0 unspecified atom stereocenters. The van der Waals surface area contributed by atoms with Gasteiger partial charge >= 0.3 is 5.97 Å². The first-order valence-corrected chi connectivity index (χ1v) is 5.41. The highest BCUT2D eigenvalue weighted by Crippen LogP contribution is 2.25. The molecule has 18 heavy (non-hydrogen) atoms. The van der Waals surface area contributed by atoms with Crippen LogP contribution in [-0.4, -0.2) is 15.6 Å². The van der Waals surface area contributed by atoms with Gasteiger partial charge in [0.2, 0.25) is 0 Å². The van der Waals surface area contributed by atoms with Gasteiger partial charge in [0.05, 0.1) is 5.56 Å². The number of hydrogen-bond acceptors (Lipinski definition) is 1. The molecular weight excluding hydrogens is 233 g/mol. The molecule has 0 atom stereocenters. The average molecular weight is 245 g/mol. The van der Waals surface area contributed by atoms with E-state index in [1.165, 1.54) is 12.1 Å². The molecule has 0 spiro atoms. The number of halogens is 1. The van der Waals surface area contributed by atoms with E-state index in [0.29, 0.717) is 17.7 Å². The van der Waals surface area contributed by atoms with E-state index in [1.54, 1.807) is 35.2 Å². The van der Waals surface area contributed by atoms with Gasteiger partial charge < -0.3 is 9.67 Å². The highest BCUT2D eigenvalue weighted by Gasteiger charge is 2.14. The maximum atomic E-state index is 12.9. The minimum Gasteiger partial charge on any atom is -0.478 e. The Labute approximate surface area is 104 Å². The van der Waals surface area contributed by atoms with Gasteiger partial charge in [0, 0.05) is 24.5 Å². The van der Waals surface area contributed by atoms with Crippen molar-refractivity contribution in [2.45, 2.75) is 6.54 Å². The summed E-state index contributed by atoms with van der Waals surface area (Å²) in [6.07, 6.45) is 4.95. The number of hydrogen-bond donors (Lipinski definition) is 1. The third-order valence-corrected chi connectivity index (χ3v) is 2.61. The van der Waals surface area contributed by atoms with Crippen LogP contribution in [0.1, 0.15) is 10.4 Å². The van der Waals surface area contributed by atoms with Crippen molar-refractivity contribution in [2.24, 2.45) is 0 Å². The molecule has 92 valence electrons. The molecule has 0 radical (unpaired) electrons. The lowest BCUT2D eigenvalue weighted by Gasteiger charge is -2.00. The van der Waals surface area contributed by atoms with Crippen LogP contribution in [-0.2, 0) is 6.54 Å². The van der Waals surface area contributed by atoms with Crippen molar-refractivity contribution < 1.29 is 14.3 Å². The Morgan fingerprint density at radius 3 is 2.56 bits per heavy atom. The zero-order valence-corrected chi connectivity index (χ0v) is 9.64. The number of rotatable bonds is 4. The van der Waals surface area contributed by atoms with Crippen LogP contribution in [0.3, 0.4) is 0 Å². The molecule has 0 saturated carbocycles. The minimum atomic E-state index is -1.00. The van der Waals surface area contributed by atoms with E-state index in [1.807, 2.05) is 0 Å². The van der Waals surface area contributed by atoms with Crippen LogP contribution in [0.15, 0.2) is 49.3 Å². The second-order valence-corrected chi connectivity index (χ2v) is 3.88. The van der Waals surface area contributed by atoms with Gasteiger partial charge in [-0.05, 0) is 17.7 Å². The Hall–Kier alpha value is -2.36. The van der Waals surface area contributed by atoms with Gasteiger partial charge in [-0.1, -0.05) is 18.2 Å². The lowest BCUT2D eigenvalue weighted by Crippen LogP contribution is -1.96. The van der Waals surface area contributed by atoms with Crippen LogP contribution >= 0.6 is 0 Å². The molecule has 2 aromatic rings. The fourth-order valence-corrected chi connectivity index (χ4v) is 1.79. The summed E-state index contributed by atoms with van der Waals surface area (Å²) in [6, 6.07) is 5.75. The van der Waals surface area contributed by atoms with Crippen molar-refractivity contribution >= 4 is 5.97 Å². The highest BCUT2D eigenvalue weighted by molar-refractivity contribution is 5.95. The van der Waals surface area contributed by atoms with Gasteiger partial charge in [0.15, 0.2) is 0 Å². The Morgan fingerprint density at radius 2 is 2.00 bits per heavy atom. The molecule has 1 N–H and O–H groups in total. The first-order chi connectivity index (χ1) is 8.61. The second-order valence-electron chi connectivity index (χ2n) is 3.88. The van der Waals surface area contributed by atoms with E-state index >= 15 is 0 Å². The number of allylic oxidation sites excluding steroid dienone is 1. The summed E-state index contributed by atoms with van der Waals surface area (Å²) >= 11 is 0. The first kappa shape index (κ1) is 12.1. The SMILES string of the molecule is C=CCn1cc(C(=O)O)c(-c2ccc(F)cc2)c1. The van der Waals surface area contributed by atoms with Crippen molar-refractivity contribution in [2.75, 3.05) is 0 Å². The van der Waals surface area contributed by atoms with Gasteiger partial charge in [0.25, 0.3) is 0 Å². The quantitative estimate of drug-likeness (QED) is 0.840. The Bertz CT molecular complexity index is 584. The lowest BCUT2D eigenvalue weighted by atomic mass is 10.1. The summed E-state index contributed by atoms with van der Waals surface area (Å²) in [5, 5.41) is 9.15. The van der Waals surface area contributed by atoms with Crippen molar-refractivity contribution in [3.05, 3.63) is 60.7 Å². The summed E-state index contributed by atoms with van der Waals surface area (Å²) in [5.74, 6) is -1.35. The number of carboxylic acids is 1. The molecule has 0 aliphatic carbocycles. The van der Waals surface area contributed by atoms with Crippen LogP contribution in [0, 0.1) is 5.82 Å². The van der Waals surface area contributed by atoms with Crippen LogP contribution in [0.5, 0.6) is 0 Å². The predicted octanol–water partition coefficient (Wildman–Crippen LogP) is 3.18. The molecule has 2 rings (SSSR count). The van der Waals surface area contributed by atoms with Crippen molar-refractivity contribution in [3.63, 3.8) is 0 Å². The minimum absolute atomic E-state index is 0.198. The summed E-state index contributed by atoms with van der Waals surface area (Å²) in [4.78, 5) is 11.2. The topological polar surface area (TPSA) is 42.2 Å². The van der Waals surface area contributed by atoms with E-state index in [-0.39, 0.29) is 11.4 Å². The normalized spacial score (nSPS) is 10.3. The predicted molar refractivity (Wildman–Crippen MR) is 67.0 cm³/mol. The molecule has 1 heterocycles. The monoisotopic (exact) mass is 245 g/mol. The molecule has 3 nitrogen and oxygen atoms in total. The molecule has 1 aromatic carbocycles. The fourth-order valence-electron chi connectivity index (χ4n) is 1.79. The Balaban J connectivity index is 2.51. The molecule has 4 heteroatoms. The van der Waals surface area contributed by atoms with Gasteiger partial charge in [0.1, 0.15) is 5.82 Å². The number of nitrogens with zero attached hydrogens (tertiary/aromatic N) is 1. The number of carbonyl (C=O) groups is 1.